The molecule has 2 N–H and O–H groups in total. The molecule has 0 aliphatic carbocycles. The minimum Gasteiger partial charge on any atom is -0.395 e. The summed E-state index contributed by atoms with van der Waals surface area (Å²) >= 11 is 0. The van der Waals surface area contributed by atoms with Crippen LogP contribution in [0.5, 0.6) is 0 Å². The highest BCUT2D eigenvalue weighted by atomic mass is 16.3. The third-order valence-corrected chi connectivity index (χ3v) is 3.63. The highest BCUT2D eigenvalue weighted by Gasteiger charge is 2.08. The second-order valence-corrected chi connectivity index (χ2v) is 5.07. The van der Waals surface area contributed by atoms with Gasteiger partial charge in [-0.3, -0.25) is 0 Å². The van der Waals surface area contributed by atoms with Crippen molar-refractivity contribution in [3.63, 3.8) is 0 Å². The molecule has 0 saturated carbocycles. The van der Waals surface area contributed by atoms with Crippen molar-refractivity contribution in [1.82, 2.24) is 5.32 Å². The summed E-state index contributed by atoms with van der Waals surface area (Å²) in [6.07, 6.45) is 1.89. The standard InChI is InChI=1S/C18H23NO/c1-2-16-10-6-7-11-17(16)13-19-18(14-20)12-15-8-4-3-5-9-15/h3-11,18-20H,2,12-14H2,1H3. The Balaban J connectivity index is 1.94. The molecule has 1 atom stereocenters. The number of aliphatic hydroxyl groups excluding tert-OH is 1. The molecule has 0 aliphatic heterocycles. The van der Waals surface area contributed by atoms with Gasteiger partial charge < -0.3 is 10.4 Å². The number of benzene rings is 2. The molecule has 0 aromatic heterocycles. The molecule has 106 valence electrons. The smallest absolute Gasteiger partial charge is 0.0587 e. The van der Waals surface area contributed by atoms with Crippen LogP contribution in [0.25, 0.3) is 0 Å². The average molecular weight is 269 g/mol. The molecule has 2 aromatic carbocycles. The zero-order valence-electron chi connectivity index (χ0n) is 12.0. The number of aryl methyl sites for hydroxylation is 1. The minimum absolute atomic E-state index is 0.0994. The van der Waals surface area contributed by atoms with Crippen LogP contribution < -0.4 is 5.32 Å². The van der Waals surface area contributed by atoms with Gasteiger partial charge in [0.05, 0.1) is 6.61 Å². The fraction of sp³-hybridized carbons (Fsp3) is 0.333. The van der Waals surface area contributed by atoms with Crippen molar-refractivity contribution in [2.75, 3.05) is 6.61 Å². The Labute approximate surface area is 121 Å². The Morgan fingerprint density at radius 1 is 0.950 bits per heavy atom. The van der Waals surface area contributed by atoms with E-state index in [0.29, 0.717) is 0 Å². The van der Waals surface area contributed by atoms with Gasteiger partial charge in [-0.25, -0.2) is 0 Å². The van der Waals surface area contributed by atoms with Crippen molar-refractivity contribution in [1.29, 1.82) is 0 Å². The van der Waals surface area contributed by atoms with Crippen molar-refractivity contribution in [3.8, 4) is 0 Å². The Bertz CT molecular complexity index is 510. The van der Waals surface area contributed by atoms with Crippen LogP contribution in [0, 0.1) is 0 Å². The van der Waals surface area contributed by atoms with Gasteiger partial charge in [-0.15, -0.1) is 0 Å². The van der Waals surface area contributed by atoms with Gasteiger partial charge in [-0.05, 0) is 29.5 Å². The van der Waals surface area contributed by atoms with Crippen LogP contribution in [0.4, 0.5) is 0 Å². The third kappa shape index (κ3) is 4.19. The van der Waals surface area contributed by atoms with Crippen molar-refractivity contribution in [3.05, 3.63) is 71.3 Å². The Kier molecular flexibility index (Phi) is 5.78. The Morgan fingerprint density at radius 2 is 1.60 bits per heavy atom. The predicted octanol–water partition coefficient (Wildman–Crippen LogP) is 2.94. The molecule has 1 unspecified atom stereocenters. The molecule has 0 aliphatic rings. The third-order valence-electron chi connectivity index (χ3n) is 3.63. The molecule has 2 heteroatoms. The van der Waals surface area contributed by atoms with E-state index < -0.39 is 0 Å². The van der Waals surface area contributed by atoms with E-state index in [1.165, 1.54) is 16.7 Å². The quantitative estimate of drug-likeness (QED) is 0.810. The van der Waals surface area contributed by atoms with Gasteiger partial charge in [0, 0.05) is 12.6 Å². The van der Waals surface area contributed by atoms with Crippen molar-refractivity contribution in [2.45, 2.75) is 32.4 Å². The largest absolute Gasteiger partial charge is 0.395 e. The summed E-state index contributed by atoms with van der Waals surface area (Å²) < 4.78 is 0. The fourth-order valence-electron chi connectivity index (χ4n) is 2.43. The molecule has 0 spiro atoms. The summed E-state index contributed by atoms with van der Waals surface area (Å²) in [5.41, 5.74) is 3.95. The maximum absolute atomic E-state index is 9.53. The summed E-state index contributed by atoms with van der Waals surface area (Å²) in [7, 11) is 0. The lowest BCUT2D eigenvalue weighted by molar-refractivity contribution is 0.240. The molecular formula is C18H23NO. The van der Waals surface area contributed by atoms with E-state index in [2.05, 4.69) is 48.6 Å². The molecule has 20 heavy (non-hydrogen) atoms. The molecule has 2 aromatic rings. The lowest BCUT2D eigenvalue weighted by Gasteiger charge is -2.17. The van der Waals surface area contributed by atoms with Crippen molar-refractivity contribution < 1.29 is 5.11 Å². The van der Waals surface area contributed by atoms with E-state index in [0.717, 1.165) is 19.4 Å². The predicted molar refractivity (Wildman–Crippen MR) is 83.7 cm³/mol. The first-order chi connectivity index (χ1) is 9.83. The summed E-state index contributed by atoms with van der Waals surface area (Å²) in [5.74, 6) is 0. The lowest BCUT2D eigenvalue weighted by Crippen LogP contribution is -2.34. The second-order valence-electron chi connectivity index (χ2n) is 5.07. The molecule has 2 rings (SSSR count). The zero-order valence-corrected chi connectivity index (χ0v) is 12.0. The maximum Gasteiger partial charge on any atom is 0.0587 e. The Morgan fingerprint density at radius 3 is 2.25 bits per heavy atom. The molecule has 0 saturated heterocycles. The number of rotatable bonds is 7. The van der Waals surface area contributed by atoms with E-state index >= 15 is 0 Å². The molecule has 0 heterocycles. The summed E-state index contributed by atoms with van der Waals surface area (Å²) in [6, 6.07) is 18.9. The van der Waals surface area contributed by atoms with Crippen LogP contribution in [-0.4, -0.2) is 17.8 Å². The van der Waals surface area contributed by atoms with Crippen LogP contribution in [0.3, 0.4) is 0 Å². The van der Waals surface area contributed by atoms with Crippen LogP contribution in [-0.2, 0) is 19.4 Å². The van der Waals surface area contributed by atoms with Crippen LogP contribution >= 0.6 is 0 Å². The van der Waals surface area contributed by atoms with Crippen molar-refractivity contribution >= 4 is 0 Å². The van der Waals surface area contributed by atoms with E-state index in [9.17, 15) is 5.11 Å². The molecule has 0 fully saturated rings. The van der Waals surface area contributed by atoms with Gasteiger partial charge in [0.1, 0.15) is 0 Å². The summed E-state index contributed by atoms with van der Waals surface area (Å²) in [5, 5.41) is 13.0. The topological polar surface area (TPSA) is 32.3 Å². The lowest BCUT2D eigenvalue weighted by atomic mass is 10.0. The van der Waals surface area contributed by atoms with Crippen LogP contribution in [0.15, 0.2) is 54.6 Å². The SMILES string of the molecule is CCc1ccccc1CNC(CO)Cc1ccccc1. The average Bonchev–Trinajstić information content (AvgIpc) is 2.52. The van der Waals surface area contributed by atoms with E-state index in [1.807, 2.05) is 18.2 Å². The maximum atomic E-state index is 9.53. The number of nitrogens with one attached hydrogen (secondary N) is 1. The van der Waals surface area contributed by atoms with Crippen LogP contribution in [0.2, 0.25) is 0 Å². The number of hydrogen-bond acceptors (Lipinski definition) is 2. The normalized spacial score (nSPS) is 12.3. The second kappa shape index (κ2) is 7.83. The first-order valence-corrected chi connectivity index (χ1v) is 7.28. The summed E-state index contributed by atoms with van der Waals surface area (Å²) in [6.45, 7) is 3.14. The highest BCUT2D eigenvalue weighted by Crippen LogP contribution is 2.10. The van der Waals surface area contributed by atoms with Crippen molar-refractivity contribution in [2.24, 2.45) is 0 Å². The number of aliphatic hydroxyl groups is 1. The molecule has 2 nitrogen and oxygen atoms in total. The molecule has 0 bridgehead atoms. The summed E-state index contributed by atoms with van der Waals surface area (Å²) in [4.78, 5) is 0. The van der Waals surface area contributed by atoms with Gasteiger partial charge in [0.15, 0.2) is 0 Å². The van der Waals surface area contributed by atoms with Gasteiger partial charge in [-0.1, -0.05) is 61.5 Å². The monoisotopic (exact) mass is 269 g/mol. The number of hydrogen-bond donors (Lipinski definition) is 2. The van der Waals surface area contributed by atoms with Crippen LogP contribution in [0.1, 0.15) is 23.6 Å². The van der Waals surface area contributed by atoms with Gasteiger partial charge >= 0.3 is 0 Å². The zero-order chi connectivity index (χ0) is 14.2. The Hall–Kier alpha value is -1.64. The van der Waals surface area contributed by atoms with Gasteiger partial charge in [0.2, 0.25) is 0 Å². The van der Waals surface area contributed by atoms with E-state index in [1.54, 1.807) is 0 Å². The van der Waals surface area contributed by atoms with E-state index in [4.69, 9.17) is 0 Å². The molecular weight excluding hydrogens is 246 g/mol. The fourth-order valence-corrected chi connectivity index (χ4v) is 2.43. The minimum atomic E-state index is 0.0994. The molecule has 0 radical (unpaired) electrons. The highest BCUT2D eigenvalue weighted by molar-refractivity contribution is 5.27. The molecule has 0 amide bonds. The first-order valence-electron chi connectivity index (χ1n) is 7.28. The van der Waals surface area contributed by atoms with E-state index in [-0.39, 0.29) is 12.6 Å². The first kappa shape index (κ1) is 14.8. The van der Waals surface area contributed by atoms with Gasteiger partial charge in [0.25, 0.3) is 0 Å². The van der Waals surface area contributed by atoms with Gasteiger partial charge in [-0.2, -0.15) is 0 Å².